The Hall–Kier alpha value is -3.53. The van der Waals surface area contributed by atoms with Gasteiger partial charge in [0.05, 0.1) is 36.8 Å². The average Bonchev–Trinajstić information content (AvgIpc) is 2.66. The predicted octanol–water partition coefficient (Wildman–Crippen LogP) is 0.744. The first-order valence-electron chi connectivity index (χ1n) is 8.01. The minimum Gasteiger partial charge on any atom is -0.494 e. The Morgan fingerprint density at radius 3 is 1.93 bits per heavy atom. The van der Waals surface area contributed by atoms with Crippen molar-refractivity contribution in [3.05, 3.63) is 29.8 Å². The van der Waals surface area contributed by atoms with Gasteiger partial charge in [-0.25, -0.2) is 0 Å². The minimum atomic E-state index is -0.610. The molecule has 146 valence electrons. The van der Waals surface area contributed by atoms with E-state index in [1.165, 1.54) is 14.2 Å². The van der Waals surface area contributed by atoms with Crippen molar-refractivity contribution < 1.29 is 19.1 Å². The number of methoxy groups -OCH3 is 2. The summed E-state index contributed by atoms with van der Waals surface area (Å²) in [5.74, 6) is 5.51. The molecule has 0 spiro atoms. The Morgan fingerprint density at radius 2 is 1.44 bits per heavy atom. The van der Waals surface area contributed by atoms with Crippen LogP contribution < -0.4 is 48.0 Å². The number of nitrogens with two attached hydrogens (primary N) is 4. The van der Waals surface area contributed by atoms with Gasteiger partial charge in [0.15, 0.2) is 17.2 Å². The smallest absolute Gasteiger partial charge is 0.252 e. The molecular formula is C17H24N6O4. The number of rotatable bonds is 9. The molecule has 0 unspecified atom stereocenters. The van der Waals surface area contributed by atoms with Gasteiger partial charge in [-0.3, -0.25) is 4.79 Å². The standard InChI is InChI=1S/C17H24N6O4/c1-25-15-9(17(20)24)3-4-10(13(15)18)22-7-8-23-11-5-6-12(27-21)16(26-2)14(11)19/h3-6,22-23H,7-8,18-19,21H2,1-2H3,(H2,20,24). The largest absolute Gasteiger partial charge is 0.494 e. The first-order chi connectivity index (χ1) is 12.9. The molecule has 2 rings (SSSR count). The van der Waals surface area contributed by atoms with Gasteiger partial charge >= 0.3 is 0 Å². The number of hydrogen-bond donors (Lipinski definition) is 6. The lowest BCUT2D eigenvalue weighted by Crippen LogP contribution is -2.17. The molecule has 10 N–H and O–H groups in total. The fraction of sp³-hybridized carbons (Fsp3) is 0.235. The van der Waals surface area contributed by atoms with Gasteiger partial charge in [-0.1, -0.05) is 0 Å². The van der Waals surface area contributed by atoms with Gasteiger partial charge in [-0.15, -0.1) is 0 Å². The van der Waals surface area contributed by atoms with Crippen LogP contribution in [0.1, 0.15) is 10.4 Å². The van der Waals surface area contributed by atoms with Crippen molar-refractivity contribution in [1.29, 1.82) is 0 Å². The van der Waals surface area contributed by atoms with E-state index in [9.17, 15) is 4.79 Å². The summed E-state index contributed by atoms with van der Waals surface area (Å²) in [5.41, 5.74) is 19.6. The molecule has 0 saturated carbocycles. The van der Waals surface area contributed by atoms with Gasteiger partial charge in [0.25, 0.3) is 5.91 Å². The molecule has 0 aliphatic heterocycles. The monoisotopic (exact) mass is 376 g/mol. The van der Waals surface area contributed by atoms with Gasteiger partial charge in [0.2, 0.25) is 0 Å². The fourth-order valence-electron chi connectivity index (χ4n) is 2.60. The summed E-state index contributed by atoms with van der Waals surface area (Å²) in [6.45, 7) is 1.04. The van der Waals surface area contributed by atoms with Crippen LogP contribution >= 0.6 is 0 Å². The van der Waals surface area contributed by atoms with Gasteiger partial charge in [-0.2, -0.15) is 5.90 Å². The van der Waals surface area contributed by atoms with Crippen LogP contribution in [0.15, 0.2) is 24.3 Å². The van der Waals surface area contributed by atoms with Crippen LogP contribution in [0.4, 0.5) is 22.7 Å². The topological polar surface area (TPSA) is 173 Å². The second kappa shape index (κ2) is 8.72. The molecule has 0 bridgehead atoms. The Labute approximate surface area is 156 Å². The van der Waals surface area contributed by atoms with Gasteiger partial charge in [-0.05, 0) is 24.3 Å². The van der Waals surface area contributed by atoms with Crippen molar-refractivity contribution >= 4 is 28.7 Å². The Bertz CT molecular complexity index is 828. The zero-order chi connectivity index (χ0) is 20.0. The first kappa shape index (κ1) is 19.8. The van der Waals surface area contributed by atoms with Gasteiger partial charge in [0, 0.05) is 13.1 Å². The van der Waals surface area contributed by atoms with Crippen LogP contribution in [-0.2, 0) is 0 Å². The normalized spacial score (nSPS) is 10.2. The summed E-state index contributed by atoms with van der Waals surface area (Å²) in [5, 5.41) is 6.34. The van der Waals surface area contributed by atoms with Crippen LogP contribution in [0.5, 0.6) is 17.2 Å². The van der Waals surface area contributed by atoms with Crippen molar-refractivity contribution in [2.24, 2.45) is 11.6 Å². The van der Waals surface area contributed by atoms with Crippen molar-refractivity contribution in [2.45, 2.75) is 0 Å². The summed E-state index contributed by atoms with van der Waals surface area (Å²) in [6.07, 6.45) is 0. The minimum absolute atomic E-state index is 0.223. The maximum Gasteiger partial charge on any atom is 0.252 e. The molecule has 0 radical (unpaired) electrons. The zero-order valence-corrected chi connectivity index (χ0v) is 15.2. The van der Waals surface area contributed by atoms with E-state index >= 15 is 0 Å². The summed E-state index contributed by atoms with van der Waals surface area (Å²) < 4.78 is 10.4. The molecule has 0 aromatic heterocycles. The molecule has 0 aliphatic rings. The lowest BCUT2D eigenvalue weighted by Gasteiger charge is -2.16. The molecule has 10 nitrogen and oxygen atoms in total. The van der Waals surface area contributed by atoms with Crippen LogP contribution in [0.2, 0.25) is 0 Å². The maximum atomic E-state index is 11.4. The van der Waals surface area contributed by atoms with Crippen molar-refractivity contribution in [3.8, 4) is 17.2 Å². The second-order valence-corrected chi connectivity index (χ2v) is 5.50. The third kappa shape index (κ3) is 4.18. The molecule has 0 atom stereocenters. The van der Waals surface area contributed by atoms with Crippen LogP contribution in [0.3, 0.4) is 0 Å². The number of carbonyl (C=O) groups is 1. The highest BCUT2D eigenvalue weighted by Gasteiger charge is 2.15. The highest BCUT2D eigenvalue weighted by atomic mass is 16.6. The fourth-order valence-corrected chi connectivity index (χ4v) is 2.60. The Kier molecular flexibility index (Phi) is 6.39. The van der Waals surface area contributed by atoms with E-state index in [0.717, 1.165) is 0 Å². The Morgan fingerprint density at radius 1 is 0.926 bits per heavy atom. The molecule has 0 heterocycles. The molecular weight excluding hydrogens is 352 g/mol. The molecule has 0 fully saturated rings. The van der Waals surface area contributed by atoms with E-state index in [1.807, 2.05) is 0 Å². The first-order valence-corrected chi connectivity index (χ1v) is 8.01. The molecule has 27 heavy (non-hydrogen) atoms. The van der Waals surface area contributed by atoms with Crippen LogP contribution in [0, 0.1) is 0 Å². The average molecular weight is 376 g/mol. The molecule has 0 saturated heterocycles. The van der Waals surface area contributed by atoms with E-state index in [4.69, 9.17) is 37.4 Å². The molecule has 10 heteroatoms. The van der Waals surface area contributed by atoms with Gasteiger partial charge in [0.1, 0.15) is 5.69 Å². The summed E-state index contributed by atoms with van der Waals surface area (Å²) in [4.78, 5) is 16.1. The Balaban J connectivity index is 2.03. The number of carbonyl (C=O) groups excluding carboxylic acids is 1. The third-order valence-corrected chi connectivity index (χ3v) is 3.91. The highest BCUT2D eigenvalue weighted by Crippen LogP contribution is 2.38. The molecule has 1 amide bonds. The van der Waals surface area contributed by atoms with Crippen LogP contribution in [-0.4, -0.2) is 33.2 Å². The van der Waals surface area contributed by atoms with Crippen LogP contribution in [0.25, 0.3) is 0 Å². The lowest BCUT2D eigenvalue weighted by molar-refractivity contribution is 0.0997. The zero-order valence-electron chi connectivity index (χ0n) is 15.2. The number of nitrogen functional groups attached to an aromatic ring is 2. The molecule has 2 aromatic rings. The number of primary amides is 1. The van der Waals surface area contributed by atoms with E-state index < -0.39 is 5.91 Å². The highest BCUT2D eigenvalue weighted by molar-refractivity contribution is 5.99. The van der Waals surface area contributed by atoms with Crippen molar-refractivity contribution in [1.82, 2.24) is 0 Å². The SMILES string of the molecule is COc1c(ON)ccc(NCCNc2ccc(C(N)=O)c(OC)c2N)c1N. The van der Waals surface area contributed by atoms with E-state index in [-0.39, 0.29) is 11.3 Å². The maximum absolute atomic E-state index is 11.4. The van der Waals surface area contributed by atoms with Gasteiger partial charge < -0.3 is 42.1 Å². The van der Waals surface area contributed by atoms with Crippen molar-refractivity contribution in [2.75, 3.05) is 49.4 Å². The molecule has 2 aromatic carbocycles. The number of ether oxygens (including phenoxy) is 2. The number of anilines is 4. The number of amides is 1. The summed E-state index contributed by atoms with van der Waals surface area (Å²) in [6, 6.07) is 6.61. The third-order valence-electron chi connectivity index (χ3n) is 3.91. The lowest BCUT2D eigenvalue weighted by atomic mass is 10.1. The summed E-state index contributed by atoms with van der Waals surface area (Å²) >= 11 is 0. The molecule has 0 aliphatic carbocycles. The van der Waals surface area contributed by atoms with E-state index in [0.29, 0.717) is 47.3 Å². The number of nitrogens with one attached hydrogen (secondary N) is 2. The number of benzene rings is 2. The quantitative estimate of drug-likeness (QED) is 0.210. The van der Waals surface area contributed by atoms with E-state index in [2.05, 4.69) is 10.6 Å². The van der Waals surface area contributed by atoms with Crippen molar-refractivity contribution in [3.63, 3.8) is 0 Å². The number of hydrogen-bond acceptors (Lipinski definition) is 9. The summed E-state index contributed by atoms with van der Waals surface area (Å²) in [7, 11) is 2.90. The second-order valence-electron chi connectivity index (χ2n) is 5.50. The predicted molar refractivity (Wildman–Crippen MR) is 105 cm³/mol. The van der Waals surface area contributed by atoms with E-state index in [1.54, 1.807) is 24.3 Å².